The van der Waals surface area contributed by atoms with Gasteiger partial charge in [-0.2, -0.15) is 0 Å². The van der Waals surface area contributed by atoms with Gasteiger partial charge < -0.3 is 15.5 Å². The highest BCUT2D eigenvalue weighted by atomic mass is 16.4. The average Bonchev–Trinajstić information content (AvgIpc) is 2.41. The molecule has 2 atom stereocenters. The van der Waals surface area contributed by atoms with Crippen molar-refractivity contribution in [2.75, 3.05) is 0 Å². The summed E-state index contributed by atoms with van der Waals surface area (Å²) in [5.74, 6) is -1.15. The Bertz CT molecular complexity index is 569. The Labute approximate surface area is 124 Å². The van der Waals surface area contributed by atoms with Crippen LogP contribution in [0.5, 0.6) is 5.75 Å². The summed E-state index contributed by atoms with van der Waals surface area (Å²) in [4.78, 5) is 24.0. The number of rotatable bonds is 3. The summed E-state index contributed by atoms with van der Waals surface area (Å²) in [7, 11) is 0. The molecule has 2 unspecified atom stereocenters. The van der Waals surface area contributed by atoms with Crippen molar-refractivity contribution >= 4 is 11.9 Å². The summed E-state index contributed by atoms with van der Waals surface area (Å²) >= 11 is 0. The topological polar surface area (TPSA) is 86.6 Å². The molecular weight excluding hydrogens is 270 g/mol. The molecule has 1 aromatic rings. The van der Waals surface area contributed by atoms with Gasteiger partial charge in [0.2, 0.25) is 0 Å². The normalized spacial score (nSPS) is 25.3. The molecule has 1 aliphatic carbocycles. The van der Waals surface area contributed by atoms with Gasteiger partial charge in [-0.3, -0.25) is 4.79 Å². The van der Waals surface area contributed by atoms with Crippen molar-refractivity contribution in [2.24, 2.45) is 5.92 Å². The molecule has 5 nitrogen and oxygen atoms in total. The van der Waals surface area contributed by atoms with Crippen LogP contribution >= 0.6 is 0 Å². The first-order valence-electron chi connectivity index (χ1n) is 7.19. The first-order valence-corrected chi connectivity index (χ1v) is 7.19. The number of phenols is 1. The largest absolute Gasteiger partial charge is 0.508 e. The zero-order chi connectivity index (χ0) is 15.6. The molecule has 0 spiro atoms. The minimum Gasteiger partial charge on any atom is -0.508 e. The number of hydrogen-bond acceptors (Lipinski definition) is 3. The van der Waals surface area contributed by atoms with Gasteiger partial charge in [0, 0.05) is 5.56 Å². The molecule has 0 radical (unpaired) electrons. The molecule has 0 aromatic heterocycles. The van der Waals surface area contributed by atoms with E-state index in [1.54, 1.807) is 19.1 Å². The van der Waals surface area contributed by atoms with Crippen LogP contribution in [0.4, 0.5) is 0 Å². The van der Waals surface area contributed by atoms with Crippen LogP contribution in [0.3, 0.4) is 0 Å². The highest BCUT2D eigenvalue weighted by Crippen LogP contribution is 2.33. The Kier molecular flexibility index (Phi) is 4.21. The lowest BCUT2D eigenvalue weighted by Crippen LogP contribution is -2.56. The van der Waals surface area contributed by atoms with Crippen LogP contribution in [0, 0.1) is 12.8 Å². The molecule has 1 fully saturated rings. The molecule has 21 heavy (non-hydrogen) atoms. The van der Waals surface area contributed by atoms with Crippen LogP contribution in [0.2, 0.25) is 0 Å². The van der Waals surface area contributed by atoms with Gasteiger partial charge in [-0.15, -0.1) is 0 Å². The number of benzene rings is 1. The van der Waals surface area contributed by atoms with Gasteiger partial charge in [-0.05, 0) is 43.4 Å². The standard InChI is InChI=1S/C16H21NO4/c1-10-4-3-7-16(9-10,15(20)21)17-14(19)12-6-5-11(2)13(18)8-12/h5-6,8,10,18H,3-4,7,9H2,1-2H3,(H,17,19)(H,20,21). The number of aliphatic carboxylic acids is 1. The van der Waals surface area contributed by atoms with Gasteiger partial charge >= 0.3 is 5.97 Å². The monoisotopic (exact) mass is 291 g/mol. The smallest absolute Gasteiger partial charge is 0.329 e. The van der Waals surface area contributed by atoms with Crippen molar-refractivity contribution in [1.29, 1.82) is 0 Å². The third kappa shape index (κ3) is 3.17. The molecule has 3 N–H and O–H groups in total. The number of aryl methyl sites for hydroxylation is 1. The number of carboxylic acid groups (broad SMARTS) is 1. The van der Waals surface area contributed by atoms with Crippen LogP contribution < -0.4 is 5.32 Å². The summed E-state index contributed by atoms with van der Waals surface area (Å²) < 4.78 is 0. The van der Waals surface area contributed by atoms with E-state index in [-0.39, 0.29) is 17.2 Å². The Morgan fingerprint density at radius 3 is 2.67 bits per heavy atom. The fourth-order valence-corrected chi connectivity index (χ4v) is 2.95. The van der Waals surface area contributed by atoms with Gasteiger partial charge in [0.1, 0.15) is 11.3 Å². The van der Waals surface area contributed by atoms with Crippen molar-refractivity contribution < 1.29 is 19.8 Å². The molecule has 0 aliphatic heterocycles. The lowest BCUT2D eigenvalue weighted by molar-refractivity contribution is -0.146. The van der Waals surface area contributed by atoms with Crippen molar-refractivity contribution in [2.45, 2.75) is 45.1 Å². The van der Waals surface area contributed by atoms with Crippen LogP contribution in [-0.2, 0) is 4.79 Å². The van der Waals surface area contributed by atoms with E-state index in [4.69, 9.17) is 0 Å². The zero-order valence-electron chi connectivity index (χ0n) is 12.3. The van der Waals surface area contributed by atoms with Gasteiger partial charge in [-0.1, -0.05) is 25.8 Å². The summed E-state index contributed by atoms with van der Waals surface area (Å²) in [5, 5.41) is 21.9. The van der Waals surface area contributed by atoms with E-state index in [9.17, 15) is 19.8 Å². The maximum atomic E-state index is 12.3. The minimum absolute atomic E-state index is 0.0315. The van der Waals surface area contributed by atoms with Crippen molar-refractivity contribution in [3.8, 4) is 5.75 Å². The maximum absolute atomic E-state index is 12.3. The van der Waals surface area contributed by atoms with Crippen molar-refractivity contribution in [3.05, 3.63) is 29.3 Å². The molecule has 1 amide bonds. The van der Waals surface area contributed by atoms with Crippen LogP contribution in [0.1, 0.15) is 48.5 Å². The van der Waals surface area contributed by atoms with Crippen LogP contribution in [0.15, 0.2) is 18.2 Å². The third-order valence-electron chi connectivity index (χ3n) is 4.23. The number of nitrogens with one attached hydrogen (secondary N) is 1. The van der Waals surface area contributed by atoms with Gasteiger partial charge in [-0.25, -0.2) is 4.79 Å². The highest BCUT2D eigenvalue weighted by molar-refractivity contribution is 5.98. The number of aromatic hydroxyl groups is 1. The van der Waals surface area contributed by atoms with Crippen LogP contribution in [0.25, 0.3) is 0 Å². The molecule has 2 rings (SSSR count). The fraction of sp³-hybridized carbons (Fsp3) is 0.500. The summed E-state index contributed by atoms with van der Waals surface area (Å²) in [5.41, 5.74) is -0.252. The Balaban J connectivity index is 2.22. The fourth-order valence-electron chi connectivity index (χ4n) is 2.95. The number of hydrogen-bond donors (Lipinski definition) is 3. The Hall–Kier alpha value is -2.04. The predicted molar refractivity (Wildman–Crippen MR) is 78.3 cm³/mol. The number of carboxylic acids is 1. The molecular formula is C16H21NO4. The summed E-state index contributed by atoms with van der Waals surface area (Å²) in [6.45, 7) is 3.74. The lowest BCUT2D eigenvalue weighted by Gasteiger charge is -2.37. The average molecular weight is 291 g/mol. The maximum Gasteiger partial charge on any atom is 0.329 e. The van der Waals surface area contributed by atoms with Crippen LogP contribution in [-0.4, -0.2) is 27.6 Å². The molecule has 0 saturated heterocycles. The van der Waals surface area contributed by atoms with E-state index in [0.29, 0.717) is 18.4 Å². The second kappa shape index (κ2) is 5.76. The number of carbonyl (C=O) groups is 2. The number of amides is 1. The van der Waals surface area contributed by atoms with Gasteiger partial charge in [0.05, 0.1) is 0 Å². The van der Waals surface area contributed by atoms with Crippen molar-refractivity contribution in [1.82, 2.24) is 5.32 Å². The van der Waals surface area contributed by atoms with Gasteiger partial charge in [0.15, 0.2) is 0 Å². The minimum atomic E-state index is -1.20. The first kappa shape index (κ1) is 15.4. The number of phenolic OH excluding ortho intramolecular Hbond substituents is 1. The van der Waals surface area contributed by atoms with E-state index in [2.05, 4.69) is 5.32 Å². The van der Waals surface area contributed by atoms with E-state index in [1.165, 1.54) is 6.07 Å². The summed E-state index contributed by atoms with van der Waals surface area (Å²) in [6, 6.07) is 4.60. The van der Waals surface area contributed by atoms with Gasteiger partial charge in [0.25, 0.3) is 5.91 Å². The highest BCUT2D eigenvalue weighted by Gasteiger charge is 2.43. The lowest BCUT2D eigenvalue weighted by atomic mass is 9.76. The second-order valence-electron chi connectivity index (χ2n) is 6.04. The molecule has 0 heterocycles. The van der Waals surface area contributed by atoms with E-state index >= 15 is 0 Å². The van der Waals surface area contributed by atoms with E-state index < -0.39 is 17.4 Å². The molecule has 1 saturated carbocycles. The SMILES string of the molecule is Cc1ccc(C(=O)NC2(C(=O)O)CCCC(C)C2)cc1O. The second-order valence-corrected chi connectivity index (χ2v) is 6.04. The molecule has 5 heteroatoms. The quantitative estimate of drug-likeness (QED) is 0.798. The number of carbonyl (C=O) groups excluding carboxylic acids is 1. The van der Waals surface area contributed by atoms with Crippen molar-refractivity contribution in [3.63, 3.8) is 0 Å². The van der Waals surface area contributed by atoms with E-state index in [1.807, 2.05) is 6.92 Å². The molecule has 1 aromatic carbocycles. The zero-order valence-corrected chi connectivity index (χ0v) is 12.3. The summed E-state index contributed by atoms with van der Waals surface area (Å²) in [6.07, 6.45) is 2.64. The molecule has 114 valence electrons. The van der Waals surface area contributed by atoms with E-state index in [0.717, 1.165) is 12.8 Å². The third-order valence-corrected chi connectivity index (χ3v) is 4.23. The molecule has 1 aliphatic rings. The predicted octanol–water partition coefficient (Wildman–Crippen LogP) is 2.46. The first-order chi connectivity index (χ1) is 9.84. The Morgan fingerprint density at radius 2 is 2.10 bits per heavy atom. The molecule has 0 bridgehead atoms. The Morgan fingerprint density at radius 1 is 1.38 bits per heavy atom.